The van der Waals surface area contributed by atoms with Crippen molar-refractivity contribution in [3.63, 3.8) is 0 Å². The van der Waals surface area contributed by atoms with E-state index in [4.69, 9.17) is 16.3 Å². The van der Waals surface area contributed by atoms with Gasteiger partial charge in [-0.05, 0) is 61.2 Å². The van der Waals surface area contributed by atoms with Crippen LogP contribution in [-0.2, 0) is 21.2 Å². The third-order valence-electron chi connectivity index (χ3n) is 5.59. The van der Waals surface area contributed by atoms with E-state index in [2.05, 4.69) is 10.3 Å². The molecule has 5 rings (SSSR count). The van der Waals surface area contributed by atoms with Crippen molar-refractivity contribution in [1.82, 2.24) is 9.29 Å². The molecule has 7 nitrogen and oxygen atoms in total. The SMILES string of the molecule is O=C(Nc1nc2ccc(S(=O)(=O)N3CCCC3)cc2s1)C1COc2ccc(Cl)cc2C1. The summed E-state index contributed by atoms with van der Waals surface area (Å²) in [6.45, 7) is 1.40. The number of aromatic nitrogens is 1. The highest BCUT2D eigenvalue weighted by atomic mass is 35.5. The van der Waals surface area contributed by atoms with E-state index in [1.807, 2.05) is 12.1 Å². The van der Waals surface area contributed by atoms with Crippen molar-refractivity contribution in [2.45, 2.75) is 24.2 Å². The summed E-state index contributed by atoms with van der Waals surface area (Å²) < 4.78 is 33.6. The summed E-state index contributed by atoms with van der Waals surface area (Å²) in [6, 6.07) is 10.3. The molecular formula is C21H20ClN3O4S2. The van der Waals surface area contributed by atoms with Gasteiger partial charge in [0.2, 0.25) is 15.9 Å². The number of nitrogens with zero attached hydrogens (tertiary/aromatic N) is 2. The largest absolute Gasteiger partial charge is 0.492 e. The molecular weight excluding hydrogens is 458 g/mol. The lowest BCUT2D eigenvalue weighted by Crippen LogP contribution is -2.32. The Balaban J connectivity index is 1.33. The molecule has 10 heteroatoms. The molecule has 0 aliphatic carbocycles. The lowest BCUT2D eigenvalue weighted by Gasteiger charge is -2.24. The lowest BCUT2D eigenvalue weighted by atomic mass is 9.96. The monoisotopic (exact) mass is 477 g/mol. The lowest BCUT2D eigenvalue weighted by molar-refractivity contribution is -0.121. The smallest absolute Gasteiger partial charge is 0.243 e. The summed E-state index contributed by atoms with van der Waals surface area (Å²) in [7, 11) is -3.50. The van der Waals surface area contributed by atoms with Crippen molar-refractivity contribution in [2.24, 2.45) is 5.92 Å². The highest BCUT2D eigenvalue weighted by Crippen LogP contribution is 2.32. The highest BCUT2D eigenvalue weighted by molar-refractivity contribution is 7.89. The third kappa shape index (κ3) is 4.03. The van der Waals surface area contributed by atoms with Gasteiger partial charge < -0.3 is 10.1 Å². The number of carbonyl (C=O) groups is 1. The molecule has 162 valence electrons. The Labute approximate surface area is 189 Å². The van der Waals surface area contributed by atoms with Crippen LogP contribution < -0.4 is 10.1 Å². The number of hydrogen-bond acceptors (Lipinski definition) is 6. The van der Waals surface area contributed by atoms with Crippen LogP contribution in [0.5, 0.6) is 5.75 Å². The number of fused-ring (bicyclic) bond motifs is 2. The van der Waals surface area contributed by atoms with E-state index in [-0.39, 0.29) is 23.3 Å². The number of carbonyl (C=O) groups excluding carboxylic acids is 1. The number of anilines is 1. The predicted molar refractivity (Wildman–Crippen MR) is 120 cm³/mol. The maximum Gasteiger partial charge on any atom is 0.243 e. The van der Waals surface area contributed by atoms with Gasteiger partial charge in [0.05, 0.1) is 21.0 Å². The Morgan fingerprint density at radius 1 is 1.19 bits per heavy atom. The summed E-state index contributed by atoms with van der Waals surface area (Å²) in [6.07, 6.45) is 2.31. The van der Waals surface area contributed by atoms with Gasteiger partial charge in [-0.1, -0.05) is 22.9 Å². The van der Waals surface area contributed by atoms with Gasteiger partial charge in [-0.15, -0.1) is 0 Å². The molecule has 1 N–H and O–H groups in total. The fourth-order valence-electron chi connectivity index (χ4n) is 3.94. The zero-order valence-corrected chi connectivity index (χ0v) is 18.9. The molecule has 0 spiro atoms. The molecule has 3 aromatic rings. The molecule has 1 amide bonds. The van der Waals surface area contributed by atoms with Gasteiger partial charge in [0.15, 0.2) is 5.13 Å². The Bertz CT molecular complexity index is 1270. The van der Waals surface area contributed by atoms with E-state index in [0.717, 1.165) is 24.2 Å². The number of ether oxygens (including phenoxy) is 1. The maximum atomic E-state index is 12.8. The average molecular weight is 478 g/mol. The fourth-order valence-corrected chi connectivity index (χ4v) is 6.66. The van der Waals surface area contributed by atoms with E-state index < -0.39 is 10.0 Å². The van der Waals surface area contributed by atoms with E-state index in [9.17, 15) is 13.2 Å². The first-order valence-corrected chi connectivity index (χ1v) is 12.7. The summed E-state index contributed by atoms with van der Waals surface area (Å²) in [5.74, 6) is 0.207. The van der Waals surface area contributed by atoms with Crippen molar-refractivity contribution >= 4 is 54.2 Å². The van der Waals surface area contributed by atoms with E-state index in [1.54, 1.807) is 24.3 Å². The maximum absolute atomic E-state index is 12.8. The second kappa shape index (κ2) is 8.05. The molecule has 1 aromatic heterocycles. The van der Waals surface area contributed by atoms with Crippen LogP contribution in [0.3, 0.4) is 0 Å². The second-order valence-electron chi connectivity index (χ2n) is 7.71. The molecule has 2 aliphatic rings. The Morgan fingerprint density at radius 2 is 2.00 bits per heavy atom. The van der Waals surface area contributed by atoms with Crippen LogP contribution in [0.25, 0.3) is 10.2 Å². The van der Waals surface area contributed by atoms with Gasteiger partial charge in [-0.3, -0.25) is 4.79 Å². The molecule has 2 aliphatic heterocycles. The second-order valence-corrected chi connectivity index (χ2v) is 11.1. The number of sulfonamides is 1. The Morgan fingerprint density at radius 3 is 2.81 bits per heavy atom. The average Bonchev–Trinajstić information content (AvgIpc) is 3.42. The van der Waals surface area contributed by atoms with E-state index in [1.165, 1.54) is 15.6 Å². The predicted octanol–water partition coefficient (Wildman–Crippen LogP) is 3.92. The summed E-state index contributed by atoms with van der Waals surface area (Å²) in [5, 5.41) is 3.90. The molecule has 0 radical (unpaired) electrons. The summed E-state index contributed by atoms with van der Waals surface area (Å²) in [5.41, 5.74) is 1.55. The molecule has 1 fully saturated rings. The van der Waals surface area contributed by atoms with Crippen molar-refractivity contribution in [3.05, 3.63) is 47.0 Å². The number of hydrogen-bond donors (Lipinski definition) is 1. The van der Waals surface area contributed by atoms with Crippen LogP contribution in [0, 0.1) is 5.92 Å². The van der Waals surface area contributed by atoms with Crippen molar-refractivity contribution in [3.8, 4) is 5.75 Å². The van der Waals surface area contributed by atoms with Crippen molar-refractivity contribution in [1.29, 1.82) is 0 Å². The molecule has 3 heterocycles. The van der Waals surface area contributed by atoms with Crippen LogP contribution in [0.2, 0.25) is 5.02 Å². The number of thiazole rings is 1. The van der Waals surface area contributed by atoms with Crippen LogP contribution in [-0.4, -0.2) is 43.3 Å². The zero-order valence-electron chi connectivity index (χ0n) is 16.5. The number of nitrogens with one attached hydrogen (secondary N) is 1. The van der Waals surface area contributed by atoms with Gasteiger partial charge >= 0.3 is 0 Å². The number of benzene rings is 2. The Hall–Kier alpha value is -2.20. The summed E-state index contributed by atoms with van der Waals surface area (Å²) >= 11 is 7.32. The van der Waals surface area contributed by atoms with Crippen LogP contribution in [0.4, 0.5) is 5.13 Å². The standard InChI is InChI=1S/C21H20ClN3O4S2/c22-15-3-6-18-13(10-15)9-14(12-29-18)20(26)24-21-23-17-5-4-16(11-19(17)30-21)31(27,28)25-7-1-2-8-25/h3-6,10-11,14H,1-2,7-9,12H2,(H,23,24,26). The number of rotatable bonds is 4. The first-order valence-electron chi connectivity index (χ1n) is 10.0. The topological polar surface area (TPSA) is 88.6 Å². The molecule has 31 heavy (non-hydrogen) atoms. The van der Waals surface area contributed by atoms with E-state index >= 15 is 0 Å². The number of amides is 1. The van der Waals surface area contributed by atoms with E-state index in [0.29, 0.717) is 39.9 Å². The number of halogens is 1. The van der Waals surface area contributed by atoms with Crippen LogP contribution in [0.1, 0.15) is 18.4 Å². The first kappa shape index (κ1) is 20.7. The Kier molecular flexibility index (Phi) is 5.37. The van der Waals surface area contributed by atoms with Crippen molar-refractivity contribution < 1.29 is 17.9 Å². The third-order valence-corrected chi connectivity index (χ3v) is 8.66. The van der Waals surface area contributed by atoms with Gasteiger partial charge in [0.1, 0.15) is 12.4 Å². The normalized spacial score (nSPS) is 19.2. The van der Waals surface area contributed by atoms with Gasteiger partial charge in [0.25, 0.3) is 0 Å². The molecule has 0 saturated carbocycles. The first-order chi connectivity index (χ1) is 14.9. The van der Waals surface area contributed by atoms with Crippen LogP contribution in [0.15, 0.2) is 41.3 Å². The minimum absolute atomic E-state index is 0.186. The molecule has 1 atom stereocenters. The quantitative estimate of drug-likeness (QED) is 0.615. The minimum atomic E-state index is -3.50. The minimum Gasteiger partial charge on any atom is -0.492 e. The van der Waals surface area contributed by atoms with Gasteiger partial charge in [-0.2, -0.15) is 4.31 Å². The van der Waals surface area contributed by atoms with Crippen LogP contribution >= 0.6 is 22.9 Å². The highest BCUT2D eigenvalue weighted by Gasteiger charge is 2.29. The summed E-state index contributed by atoms with van der Waals surface area (Å²) in [4.78, 5) is 17.5. The van der Waals surface area contributed by atoms with Gasteiger partial charge in [-0.25, -0.2) is 13.4 Å². The van der Waals surface area contributed by atoms with Crippen molar-refractivity contribution in [2.75, 3.05) is 25.0 Å². The van der Waals surface area contributed by atoms with Gasteiger partial charge in [0, 0.05) is 18.1 Å². The molecule has 2 aromatic carbocycles. The fraction of sp³-hybridized carbons (Fsp3) is 0.333. The molecule has 1 saturated heterocycles. The molecule has 0 bridgehead atoms. The molecule has 1 unspecified atom stereocenters. The zero-order chi connectivity index (χ0) is 21.6.